The topological polar surface area (TPSA) is 109 Å². The Morgan fingerprint density at radius 1 is 1.07 bits per heavy atom. The number of nitrogens with zero attached hydrogens (tertiary/aromatic N) is 6. The Labute approximate surface area is 153 Å². The zero-order valence-electron chi connectivity index (χ0n) is 14.3. The van der Waals surface area contributed by atoms with Crippen LogP contribution in [-0.2, 0) is 4.74 Å². The number of aromatic nitrogens is 6. The molecule has 0 radical (unpaired) electrons. The molecule has 0 bridgehead atoms. The largest absolute Gasteiger partial charge is 0.449 e. The highest BCUT2D eigenvalue weighted by molar-refractivity contribution is 5.89. The van der Waals surface area contributed by atoms with E-state index in [2.05, 4.69) is 25.7 Å². The maximum absolute atomic E-state index is 12.3. The van der Waals surface area contributed by atoms with Crippen molar-refractivity contribution in [2.24, 2.45) is 0 Å². The van der Waals surface area contributed by atoms with E-state index in [4.69, 9.17) is 9.15 Å². The summed E-state index contributed by atoms with van der Waals surface area (Å²) in [6.45, 7) is 1.68. The summed E-state index contributed by atoms with van der Waals surface area (Å²) in [5, 5.41) is 18.9. The van der Waals surface area contributed by atoms with Crippen LogP contribution in [0.2, 0.25) is 0 Å². The van der Waals surface area contributed by atoms with Crippen LogP contribution in [0, 0.1) is 0 Å². The molecule has 2 heterocycles. The minimum atomic E-state index is -0.679. The maximum atomic E-state index is 12.3. The molecule has 0 amide bonds. The van der Waals surface area contributed by atoms with Crippen LogP contribution in [0.25, 0.3) is 17.1 Å². The monoisotopic (exact) mass is 362 g/mol. The number of hydrogen-bond donors (Lipinski definition) is 0. The molecular formula is C18H14N6O3. The second kappa shape index (κ2) is 7.16. The van der Waals surface area contributed by atoms with Gasteiger partial charge in [0, 0.05) is 5.56 Å². The molecule has 0 N–H and O–H groups in total. The fourth-order valence-corrected chi connectivity index (χ4v) is 2.41. The van der Waals surface area contributed by atoms with Crippen molar-refractivity contribution in [3.05, 3.63) is 72.4 Å². The predicted molar refractivity (Wildman–Crippen MR) is 92.7 cm³/mol. The lowest BCUT2D eigenvalue weighted by atomic mass is 10.2. The molecule has 2 aromatic heterocycles. The molecule has 0 saturated heterocycles. The minimum Gasteiger partial charge on any atom is -0.449 e. The lowest BCUT2D eigenvalue weighted by Crippen LogP contribution is -2.09. The number of tetrazole rings is 1. The fourth-order valence-electron chi connectivity index (χ4n) is 2.41. The van der Waals surface area contributed by atoms with Crippen molar-refractivity contribution < 1.29 is 13.9 Å². The molecule has 4 rings (SSSR count). The third-order valence-electron chi connectivity index (χ3n) is 3.81. The van der Waals surface area contributed by atoms with E-state index in [1.807, 2.05) is 30.3 Å². The highest BCUT2D eigenvalue weighted by atomic mass is 16.6. The molecule has 0 aliphatic heterocycles. The Kier molecular flexibility index (Phi) is 4.40. The second-order valence-electron chi connectivity index (χ2n) is 5.66. The summed E-state index contributed by atoms with van der Waals surface area (Å²) >= 11 is 0. The lowest BCUT2D eigenvalue weighted by Gasteiger charge is -2.09. The Balaban J connectivity index is 1.44. The van der Waals surface area contributed by atoms with Gasteiger partial charge in [-0.2, -0.15) is 0 Å². The first-order valence-corrected chi connectivity index (χ1v) is 8.14. The Hall–Kier alpha value is -3.88. The van der Waals surface area contributed by atoms with Gasteiger partial charge in [0.15, 0.2) is 6.10 Å². The lowest BCUT2D eigenvalue weighted by molar-refractivity contribution is 0.0280. The Morgan fingerprint density at radius 3 is 2.56 bits per heavy atom. The van der Waals surface area contributed by atoms with Crippen LogP contribution in [0.4, 0.5) is 0 Å². The van der Waals surface area contributed by atoms with Crippen molar-refractivity contribution >= 4 is 5.97 Å². The van der Waals surface area contributed by atoms with E-state index in [1.165, 1.54) is 11.0 Å². The van der Waals surface area contributed by atoms with Crippen LogP contribution >= 0.6 is 0 Å². The number of ether oxygens (including phenoxy) is 1. The quantitative estimate of drug-likeness (QED) is 0.498. The van der Waals surface area contributed by atoms with Crippen molar-refractivity contribution in [3.63, 3.8) is 0 Å². The summed E-state index contributed by atoms with van der Waals surface area (Å²) < 4.78 is 12.5. The van der Waals surface area contributed by atoms with Crippen LogP contribution in [0.15, 0.2) is 65.3 Å². The van der Waals surface area contributed by atoms with E-state index >= 15 is 0 Å². The summed E-state index contributed by atoms with van der Waals surface area (Å²) in [5.74, 6) is 0.108. The van der Waals surface area contributed by atoms with Gasteiger partial charge < -0.3 is 9.15 Å². The van der Waals surface area contributed by atoms with E-state index in [0.717, 1.165) is 11.3 Å². The van der Waals surface area contributed by atoms with Crippen molar-refractivity contribution in [3.8, 4) is 17.1 Å². The molecule has 27 heavy (non-hydrogen) atoms. The molecule has 4 aromatic rings. The van der Waals surface area contributed by atoms with Gasteiger partial charge in [0.1, 0.15) is 6.33 Å². The van der Waals surface area contributed by atoms with E-state index in [1.54, 1.807) is 31.2 Å². The van der Waals surface area contributed by atoms with Gasteiger partial charge in [-0.3, -0.25) is 0 Å². The Bertz CT molecular complexity index is 1030. The summed E-state index contributed by atoms with van der Waals surface area (Å²) in [6, 6.07) is 16.1. The molecule has 0 unspecified atom stereocenters. The van der Waals surface area contributed by atoms with Crippen LogP contribution < -0.4 is 0 Å². The predicted octanol–water partition coefficient (Wildman–Crippen LogP) is 2.63. The van der Waals surface area contributed by atoms with Gasteiger partial charge in [0.25, 0.3) is 5.89 Å². The summed E-state index contributed by atoms with van der Waals surface area (Å²) in [7, 11) is 0. The van der Waals surface area contributed by atoms with Crippen molar-refractivity contribution in [1.82, 2.24) is 30.4 Å². The summed E-state index contributed by atoms with van der Waals surface area (Å²) in [6.07, 6.45) is 0.789. The number of hydrogen-bond acceptors (Lipinski definition) is 8. The molecule has 9 heteroatoms. The maximum Gasteiger partial charge on any atom is 0.338 e. The van der Waals surface area contributed by atoms with Crippen LogP contribution in [0.1, 0.15) is 29.3 Å². The number of carbonyl (C=O) groups excluding carboxylic acids is 1. The standard InChI is InChI=1S/C18H14N6O3/c1-12(16-20-21-17(27-16)13-5-3-2-4-6-13)26-18(25)14-7-9-15(10-8-14)24-11-19-22-23-24/h2-12H,1H3/t12-/m0/s1. The van der Waals surface area contributed by atoms with Crippen molar-refractivity contribution in [2.75, 3.05) is 0 Å². The molecule has 134 valence electrons. The first-order chi connectivity index (χ1) is 13.2. The number of rotatable bonds is 5. The van der Waals surface area contributed by atoms with Crippen molar-refractivity contribution in [1.29, 1.82) is 0 Å². The molecule has 2 aromatic carbocycles. The summed E-state index contributed by atoms with van der Waals surface area (Å²) in [5.41, 5.74) is 1.92. The van der Waals surface area contributed by atoms with E-state index in [9.17, 15) is 4.79 Å². The Morgan fingerprint density at radius 2 is 1.85 bits per heavy atom. The first kappa shape index (κ1) is 16.6. The highest BCUT2D eigenvalue weighted by Crippen LogP contribution is 2.23. The zero-order valence-corrected chi connectivity index (χ0v) is 14.3. The first-order valence-electron chi connectivity index (χ1n) is 8.14. The van der Waals surface area contributed by atoms with Gasteiger partial charge >= 0.3 is 5.97 Å². The molecule has 1 atom stereocenters. The van der Waals surface area contributed by atoms with E-state index < -0.39 is 12.1 Å². The van der Waals surface area contributed by atoms with E-state index in [0.29, 0.717) is 11.5 Å². The van der Waals surface area contributed by atoms with Gasteiger partial charge in [0.05, 0.1) is 11.3 Å². The smallest absolute Gasteiger partial charge is 0.338 e. The second-order valence-corrected chi connectivity index (χ2v) is 5.66. The SMILES string of the molecule is C[C@H](OC(=O)c1ccc(-n2cnnn2)cc1)c1nnc(-c2ccccc2)o1. The fraction of sp³-hybridized carbons (Fsp3) is 0.111. The average molecular weight is 362 g/mol. The third kappa shape index (κ3) is 3.56. The highest BCUT2D eigenvalue weighted by Gasteiger charge is 2.20. The van der Waals surface area contributed by atoms with Gasteiger partial charge in [0.2, 0.25) is 5.89 Å². The molecule has 0 aliphatic rings. The molecule has 9 nitrogen and oxygen atoms in total. The summed E-state index contributed by atoms with van der Waals surface area (Å²) in [4.78, 5) is 12.3. The van der Waals surface area contributed by atoms with Gasteiger partial charge in [-0.25, -0.2) is 9.48 Å². The number of esters is 1. The normalized spacial score (nSPS) is 11.9. The van der Waals surface area contributed by atoms with Crippen LogP contribution in [0.3, 0.4) is 0 Å². The third-order valence-corrected chi connectivity index (χ3v) is 3.81. The molecule has 0 aliphatic carbocycles. The number of carbonyl (C=O) groups is 1. The zero-order chi connectivity index (χ0) is 18.6. The van der Waals surface area contributed by atoms with Crippen LogP contribution in [-0.4, -0.2) is 36.4 Å². The molecule has 0 saturated carbocycles. The van der Waals surface area contributed by atoms with Gasteiger partial charge in [-0.1, -0.05) is 18.2 Å². The van der Waals surface area contributed by atoms with Gasteiger partial charge in [-0.15, -0.1) is 15.3 Å². The van der Waals surface area contributed by atoms with Crippen LogP contribution in [0.5, 0.6) is 0 Å². The molecule has 0 spiro atoms. The van der Waals surface area contributed by atoms with Gasteiger partial charge in [-0.05, 0) is 53.7 Å². The van der Waals surface area contributed by atoms with E-state index in [-0.39, 0.29) is 5.89 Å². The molecule has 0 fully saturated rings. The minimum absolute atomic E-state index is 0.229. The molecular weight excluding hydrogens is 348 g/mol. The van der Waals surface area contributed by atoms with Crippen molar-refractivity contribution in [2.45, 2.75) is 13.0 Å². The number of benzene rings is 2. The average Bonchev–Trinajstić information content (AvgIpc) is 3.41.